The van der Waals surface area contributed by atoms with E-state index in [0.717, 1.165) is 5.69 Å². The number of nitrogens with one attached hydrogen (secondary N) is 2. The van der Waals surface area contributed by atoms with Gasteiger partial charge in [0.05, 0.1) is 0 Å². The lowest BCUT2D eigenvalue weighted by Gasteiger charge is -2.05. The molecule has 0 amide bonds. The van der Waals surface area contributed by atoms with Crippen LogP contribution < -0.4 is 10.9 Å². The molecule has 2 rings (SSSR count). The second-order valence-corrected chi connectivity index (χ2v) is 3.93. The van der Waals surface area contributed by atoms with Crippen molar-refractivity contribution in [1.29, 1.82) is 0 Å². The normalized spacial score (nSPS) is 10.1. The van der Waals surface area contributed by atoms with Gasteiger partial charge < -0.3 is 10.3 Å². The zero-order valence-electron chi connectivity index (χ0n) is 8.73. The van der Waals surface area contributed by atoms with Crippen LogP contribution in [0.2, 0.25) is 0 Å². The number of aromatic amines is 1. The molecule has 1 heterocycles. The van der Waals surface area contributed by atoms with E-state index in [1.54, 1.807) is 0 Å². The molecule has 0 saturated heterocycles. The highest BCUT2D eigenvalue weighted by Crippen LogP contribution is 2.14. The van der Waals surface area contributed by atoms with Gasteiger partial charge in [-0.2, -0.15) is 0 Å². The van der Waals surface area contributed by atoms with Crippen LogP contribution in [0.4, 0.5) is 11.5 Å². The van der Waals surface area contributed by atoms with Crippen LogP contribution in [0.5, 0.6) is 0 Å². The Morgan fingerprint density at radius 1 is 1.31 bits per heavy atom. The molecule has 2 aromatic rings. The fourth-order valence-electron chi connectivity index (χ4n) is 1.27. The molecule has 0 spiro atoms. The Balaban J connectivity index is 2.28. The van der Waals surface area contributed by atoms with E-state index in [1.807, 2.05) is 36.6 Å². The van der Waals surface area contributed by atoms with Crippen molar-refractivity contribution in [3.8, 4) is 0 Å². The van der Waals surface area contributed by atoms with Gasteiger partial charge in [0.2, 0.25) is 0 Å². The lowest BCUT2D eigenvalue weighted by Crippen LogP contribution is -2.09. The first-order valence-electron chi connectivity index (χ1n) is 4.75. The molecular weight excluding hydrogens is 222 g/mol. The minimum Gasteiger partial charge on any atom is -0.340 e. The third kappa shape index (κ3) is 2.64. The van der Waals surface area contributed by atoms with Crippen molar-refractivity contribution in [2.45, 2.75) is 5.16 Å². The molecule has 2 N–H and O–H groups in total. The van der Waals surface area contributed by atoms with Crippen molar-refractivity contribution in [2.24, 2.45) is 0 Å². The molecule has 4 nitrogen and oxygen atoms in total. The zero-order chi connectivity index (χ0) is 11.4. The summed E-state index contributed by atoms with van der Waals surface area (Å²) >= 11 is 1.40. The Hall–Kier alpha value is -1.75. The second-order valence-electron chi connectivity index (χ2n) is 3.13. The maximum atomic E-state index is 11.3. The average molecular weight is 233 g/mol. The molecule has 0 aliphatic carbocycles. The summed E-state index contributed by atoms with van der Waals surface area (Å²) in [6.07, 6.45) is 1.87. The van der Waals surface area contributed by atoms with E-state index in [2.05, 4.69) is 15.3 Å². The minimum absolute atomic E-state index is 0.155. The lowest BCUT2D eigenvalue weighted by molar-refractivity contribution is 0.945. The van der Waals surface area contributed by atoms with Crippen molar-refractivity contribution in [3.05, 3.63) is 46.8 Å². The highest BCUT2D eigenvalue weighted by molar-refractivity contribution is 7.98. The van der Waals surface area contributed by atoms with Crippen molar-refractivity contribution in [3.63, 3.8) is 0 Å². The average Bonchev–Trinajstić information content (AvgIpc) is 2.29. The van der Waals surface area contributed by atoms with Crippen molar-refractivity contribution in [2.75, 3.05) is 11.6 Å². The molecule has 5 heteroatoms. The molecule has 16 heavy (non-hydrogen) atoms. The van der Waals surface area contributed by atoms with Crippen LogP contribution in [0, 0.1) is 0 Å². The Kier molecular flexibility index (Phi) is 3.26. The van der Waals surface area contributed by atoms with Gasteiger partial charge >= 0.3 is 0 Å². The van der Waals surface area contributed by atoms with Gasteiger partial charge in [0.15, 0.2) is 5.16 Å². The van der Waals surface area contributed by atoms with Gasteiger partial charge in [0, 0.05) is 11.8 Å². The molecule has 0 radical (unpaired) electrons. The van der Waals surface area contributed by atoms with E-state index >= 15 is 0 Å². The summed E-state index contributed by atoms with van der Waals surface area (Å²) < 4.78 is 0. The fourth-order valence-corrected chi connectivity index (χ4v) is 1.66. The maximum Gasteiger partial charge on any atom is 0.253 e. The lowest BCUT2D eigenvalue weighted by atomic mass is 10.3. The number of rotatable bonds is 3. The number of thioether (sulfide) groups is 1. The van der Waals surface area contributed by atoms with E-state index in [0.29, 0.717) is 11.0 Å². The fraction of sp³-hybridized carbons (Fsp3) is 0.0909. The number of hydrogen-bond acceptors (Lipinski definition) is 4. The molecule has 82 valence electrons. The third-order valence-corrected chi connectivity index (χ3v) is 2.54. The van der Waals surface area contributed by atoms with Gasteiger partial charge in [0.1, 0.15) is 5.82 Å². The Morgan fingerprint density at radius 2 is 2.06 bits per heavy atom. The first-order chi connectivity index (χ1) is 7.78. The van der Waals surface area contributed by atoms with Gasteiger partial charge in [-0.25, -0.2) is 4.98 Å². The van der Waals surface area contributed by atoms with Crippen LogP contribution in [-0.2, 0) is 0 Å². The zero-order valence-corrected chi connectivity index (χ0v) is 9.54. The molecule has 0 atom stereocenters. The monoisotopic (exact) mass is 233 g/mol. The van der Waals surface area contributed by atoms with Gasteiger partial charge in [-0.15, -0.1) is 0 Å². The summed E-state index contributed by atoms with van der Waals surface area (Å²) in [5.74, 6) is 0.555. The van der Waals surface area contributed by atoms with Crippen molar-refractivity contribution in [1.82, 2.24) is 9.97 Å². The number of para-hydroxylation sites is 1. The van der Waals surface area contributed by atoms with Gasteiger partial charge in [-0.1, -0.05) is 30.0 Å². The molecule has 0 fully saturated rings. The molecule has 0 bridgehead atoms. The molecule has 1 aromatic carbocycles. The first-order valence-corrected chi connectivity index (χ1v) is 5.98. The topological polar surface area (TPSA) is 57.8 Å². The van der Waals surface area contributed by atoms with Crippen LogP contribution in [0.3, 0.4) is 0 Å². The van der Waals surface area contributed by atoms with E-state index in [9.17, 15) is 4.79 Å². The molecule has 0 aliphatic rings. The maximum absolute atomic E-state index is 11.3. The van der Waals surface area contributed by atoms with Crippen LogP contribution in [0.15, 0.2) is 46.3 Å². The largest absolute Gasteiger partial charge is 0.340 e. The predicted octanol–water partition coefficient (Wildman–Crippen LogP) is 2.24. The summed E-state index contributed by atoms with van der Waals surface area (Å²) in [7, 11) is 0. The van der Waals surface area contributed by atoms with Crippen LogP contribution in [-0.4, -0.2) is 16.2 Å². The van der Waals surface area contributed by atoms with Gasteiger partial charge in [0.25, 0.3) is 5.56 Å². The summed E-state index contributed by atoms with van der Waals surface area (Å²) in [5.41, 5.74) is 0.755. The van der Waals surface area contributed by atoms with E-state index < -0.39 is 0 Å². The first kappa shape index (κ1) is 10.8. The molecule has 0 saturated carbocycles. The number of hydrogen-bond donors (Lipinski definition) is 2. The number of nitrogens with zero attached hydrogens (tertiary/aromatic N) is 1. The van der Waals surface area contributed by atoms with Crippen molar-refractivity contribution < 1.29 is 0 Å². The van der Waals surface area contributed by atoms with Gasteiger partial charge in [-0.3, -0.25) is 4.79 Å². The predicted molar refractivity (Wildman–Crippen MR) is 66.4 cm³/mol. The molecule has 0 unspecified atom stereocenters. The highest BCUT2D eigenvalue weighted by Gasteiger charge is 2.00. The smallest absolute Gasteiger partial charge is 0.253 e. The number of anilines is 2. The third-order valence-electron chi connectivity index (χ3n) is 1.96. The Morgan fingerprint density at radius 3 is 2.75 bits per heavy atom. The Bertz CT molecular complexity index is 524. The summed E-state index contributed by atoms with van der Waals surface area (Å²) in [4.78, 5) is 18.2. The quantitative estimate of drug-likeness (QED) is 0.630. The van der Waals surface area contributed by atoms with Crippen LogP contribution in [0.1, 0.15) is 0 Å². The van der Waals surface area contributed by atoms with E-state index in [-0.39, 0.29) is 5.56 Å². The van der Waals surface area contributed by atoms with E-state index in [4.69, 9.17) is 0 Å². The summed E-state index contributed by atoms with van der Waals surface area (Å²) in [5, 5.41) is 3.68. The SMILES string of the molecule is CSc1nc(Nc2ccccc2)cc(=O)[nH]1. The van der Waals surface area contributed by atoms with E-state index in [1.165, 1.54) is 17.8 Å². The molecule has 1 aromatic heterocycles. The minimum atomic E-state index is -0.155. The number of benzene rings is 1. The highest BCUT2D eigenvalue weighted by atomic mass is 32.2. The summed E-state index contributed by atoms with van der Waals surface area (Å²) in [6.45, 7) is 0. The summed E-state index contributed by atoms with van der Waals surface area (Å²) in [6, 6.07) is 11.1. The molecular formula is C11H11N3OS. The van der Waals surface area contributed by atoms with Gasteiger partial charge in [-0.05, 0) is 18.4 Å². The number of aromatic nitrogens is 2. The Labute approximate surface area is 97.1 Å². The van der Waals surface area contributed by atoms with Crippen LogP contribution >= 0.6 is 11.8 Å². The van der Waals surface area contributed by atoms with Crippen LogP contribution in [0.25, 0.3) is 0 Å². The molecule has 0 aliphatic heterocycles. The standard InChI is InChI=1S/C11H11N3OS/c1-16-11-13-9(7-10(15)14-11)12-8-5-3-2-4-6-8/h2-7H,1H3,(H2,12,13,14,15). The number of H-pyrrole nitrogens is 1. The van der Waals surface area contributed by atoms with Crippen molar-refractivity contribution >= 4 is 23.3 Å². The second kappa shape index (κ2) is 4.85.